The number of ether oxygens (including phenoxy) is 1. The summed E-state index contributed by atoms with van der Waals surface area (Å²) in [6, 6.07) is 4.17. The Balaban J connectivity index is 1.67. The highest BCUT2D eigenvalue weighted by Crippen LogP contribution is 2.24. The van der Waals surface area contributed by atoms with Crippen molar-refractivity contribution in [2.75, 3.05) is 18.5 Å². The first kappa shape index (κ1) is 15.7. The molecule has 0 saturated carbocycles. The Hall–Kier alpha value is -2.80. The lowest BCUT2D eigenvalue weighted by atomic mass is 10.2. The van der Waals surface area contributed by atoms with Gasteiger partial charge in [-0.3, -0.25) is 0 Å². The summed E-state index contributed by atoms with van der Waals surface area (Å²) >= 11 is 0. The minimum absolute atomic E-state index is 0.334. The normalized spacial score (nSPS) is 14.3. The van der Waals surface area contributed by atoms with Crippen molar-refractivity contribution in [3.05, 3.63) is 42.3 Å². The third-order valence-electron chi connectivity index (χ3n) is 4.17. The molecule has 3 aromatic rings. The average molecular weight is 336 g/mol. The van der Waals surface area contributed by atoms with Crippen molar-refractivity contribution in [2.24, 2.45) is 0 Å². The van der Waals surface area contributed by atoms with Crippen LogP contribution in [0.1, 0.15) is 31.5 Å². The zero-order valence-corrected chi connectivity index (χ0v) is 14.5. The SMILES string of the molecule is Cc1nc2cnc(Nc3ccnc(C4=CCOC4)n3)cc2n1C(C)C. The van der Waals surface area contributed by atoms with Gasteiger partial charge >= 0.3 is 0 Å². The Morgan fingerprint density at radius 1 is 1.20 bits per heavy atom. The summed E-state index contributed by atoms with van der Waals surface area (Å²) in [5.74, 6) is 3.11. The molecule has 0 aliphatic carbocycles. The van der Waals surface area contributed by atoms with Crippen LogP contribution in [0.15, 0.2) is 30.6 Å². The number of anilines is 2. The second-order valence-corrected chi connectivity index (χ2v) is 6.32. The minimum atomic E-state index is 0.334. The van der Waals surface area contributed by atoms with E-state index in [9.17, 15) is 0 Å². The Labute approximate surface area is 145 Å². The second kappa shape index (κ2) is 6.25. The third-order valence-corrected chi connectivity index (χ3v) is 4.17. The lowest BCUT2D eigenvalue weighted by Gasteiger charge is -2.11. The molecular formula is C18H20N6O. The van der Waals surface area contributed by atoms with Crippen LogP contribution in [-0.4, -0.2) is 37.7 Å². The minimum Gasteiger partial charge on any atom is -0.373 e. The van der Waals surface area contributed by atoms with Crippen LogP contribution in [0.2, 0.25) is 0 Å². The average Bonchev–Trinajstić information content (AvgIpc) is 3.21. The summed E-state index contributed by atoms with van der Waals surface area (Å²) in [5, 5.41) is 3.26. The third kappa shape index (κ3) is 2.98. The number of aryl methyl sites for hydroxylation is 1. The maximum atomic E-state index is 5.34. The van der Waals surface area contributed by atoms with Gasteiger partial charge in [0.1, 0.15) is 23.0 Å². The van der Waals surface area contributed by atoms with Crippen molar-refractivity contribution in [1.29, 1.82) is 0 Å². The number of imidazole rings is 1. The topological polar surface area (TPSA) is 77.8 Å². The number of pyridine rings is 1. The van der Waals surface area contributed by atoms with Crippen LogP contribution in [0.3, 0.4) is 0 Å². The van der Waals surface area contributed by atoms with E-state index in [0.717, 1.165) is 28.2 Å². The predicted molar refractivity (Wildman–Crippen MR) is 96.8 cm³/mol. The first-order valence-corrected chi connectivity index (χ1v) is 8.33. The van der Waals surface area contributed by atoms with Crippen LogP contribution in [-0.2, 0) is 4.74 Å². The van der Waals surface area contributed by atoms with Gasteiger partial charge in [-0.1, -0.05) is 0 Å². The molecule has 0 amide bonds. The summed E-state index contributed by atoms with van der Waals surface area (Å²) < 4.78 is 7.54. The number of rotatable bonds is 4. The summed E-state index contributed by atoms with van der Waals surface area (Å²) in [6.07, 6.45) is 5.54. The molecule has 0 aromatic carbocycles. The molecule has 3 aromatic heterocycles. The molecule has 0 unspecified atom stereocenters. The number of fused-ring (bicyclic) bond motifs is 1. The first-order valence-electron chi connectivity index (χ1n) is 8.33. The van der Waals surface area contributed by atoms with Crippen LogP contribution in [0.25, 0.3) is 16.6 Å². The van der Waals surface area contributed by atoms with Crippen LogP contribution in [0, 0.1) is 6.92 Å². The zero-order chi connectivity index (χ0) is 17.4. The van der Waals surface area contributed by atoms with Gasteiger partial charge in [0.25, 0.3) is 0 Å². The van der Waals surface area contributed by atoms with E-state index in [1.54, 1.807) is 12.4 Å². The van der Waals surface area contributed by atoms with Gasteiger partial charge in [0.2, 0.25) is 0 Å². The molecule has 4 rings (SSSR count). The zero-order valence-electron chi connectivity index (χ0n) is 14.5. The van der Waals surface area contributed by atoms with Crippen molar-refractivity contribution in [3.8, 4) is 0 Å². The van der Waals surface area contributed by atoms with Gasteiger partial charge in [0, 0.05) is 23.9 Å². The number of hydrogen-bond donors (Lipinski definition) is 1. The van der Waals surface area contributed by atoms with E-state index in [0.29, 0.717) is 30.9 Å². The summed E-state index contributed by atoms with van der Waals surface area (Å²) in [7, 11) is 0. The monoisotopic (exact) mass is 336 g/mol. The Morgan fingerprint density at radius 2 is 2.08 bits per heavy atom. The van der Waals surface area contributed by atoms with Crippen molar-refractivity contribution in [3.63, 3.8) is 0 Å². The molecule has 7 heteroatoms. The fraction of sp³-hybridized carbons (Fsp3) is 0.333. The van der Waals surface area contributed by atoms with Gasteiger partial charge in [-0.2, -0.15) is 0 Å². The van der Waals surface area contributed by atoms with E-state index in [1.807, 2.05) is 25.1 Å². The molecule has 128 valence electrons. The smallest absolute Gasteiger partial charge is 0.159 e. The highest BCUT2D eigenvalue weighted by Gasteiger charge is 2.13. The molecule has 0 saturated heterocycles. The molecular weight excluding hydrogens is 316 g/mol. The van der Waals surface area contributed by atoms with E-state index < -0.39 is 0 Å². The number of nitrogens with one attached hydrogen (secondary N) is 1. The van der Waals surface area contributed by atoms with Gasteiger partial charge < -0.3 is 14.6 Å². The maximum absolute atomic E-state index is 5.34. The van der Waals surface area contributed by atoms with Crippen molar-refractivity contribution in [1.82, 2.24) is 24.5 Å². The van der Waals surface area contributed by atoms with Crippen LogP contribution in [0.4, 0.5) is 11.6 Å². The Kier molecular flexibility index (Phi) is 3.93. The van der Waals surface area contributed by atoms with Gasteiger partial charge in [-0.05, 0) is 32.9 Å². The first-order chi connectivity index (χ1) is 12.1. The van der Waals surface area contributed by atoms with Crippen LogP contribution in [0.5, 0.6) is 0 Å². The molecule has 0 fully saturated rings. The van der Waals surface area contributed by atoms with E-state index in [4.69, 9.17) is 4.74 Å². The second-order valence-electron chi connectivity index (χ2n) is 6.32. The molecule has 1 aliphatic rings. The van der Waals surface area contributed by atoms with Crippen molar-refractivity contribution >= 4 is 28.2 Å². The van der Waals surface area contributed by atoms with Gasteiger partial charge in [0.05, 0.1) is 24.9 Å². The standard InChI is InChI=1S/C18H20N6O/c1-11(2)24-12(3)21-14-9-20-17(8-15(14)24)22-16-4-6-19-18(23-16)13-5-7-25-10-13/h4-6,8-9,11H,7,10H2,1-3H3,(H,19,20,22,23). The molecule has 1 N–H and O–H groups in total. The van der Waals surface area contributed by atoms with Crippen LogP contribution < -0.4 is 5.32 Å². The lowest BCUT2D eigenvalue weighted by molar-refractivity contribution is 0.216. The Bertz CT molecular complexity index is 959. The summed E-state index contributed by atoms with van der Waals surface area (Å²) in [4.78, 5) is 17.9. The van der Waals surface area contributed by atoms with Gasteiger partial charge in [0.15, 0.2) is 5.82 Å². The highest BCUT2D eigenvalue weighted by atomic mass is 16.5. The lowest BCUT2D eigenvalue weighted by Crippen LogP contribution is -2.04. The molecule has 1 aliphatic heterocycles. The summed E-state index contributed by atoms with van der Waals surface area (Å²) in [5.41, 5.74) is 2.97. The van der Waals surface area contributed by atoms with E-state index >= 15 is 0 Å². The maximum Gasteiger partial charge on any atom is 0.159 e. The molecule has 4 heterocycles. The van der Waals surface area contributed by atoms with Crippen molar-refractivity contribution < 1.29 is 4.74 Å². The van der Waals surface area contributed by atoms with E-state index in [-0.39, 0.29) is 0 Å². The number of hydrogen-bond acceptors (Lipinski definition) is 6. The fourth-order valence-corrected chi connectivity index (χ4v) is 3.10. The highest BCUT2D eigenvalue weighted by molar-refractivity contribution is 5.79. The molecule has 0 atom stereocenters. The van der Waals surface area contributed by atoms with E-state index in [2.05, 4.69) is 43.7 Å². The number of aromatic nitrogens is 5. The Morgan fingerprint density at radius 3 is 2.84 bits per heavy atom. The fourth-order valence-electron chi connectivity index (χ4n) is 3.10. The quantitative estimate of drug-likeness (QED) is 0.788. The molecule has 0 spiro atoms. The number of nitrogens with zero attached hydrogens (tertiary/aromatic N) is 5. The molecule has 0 bridgehead atoms. The van der Waals surface area contributed by atoms with Crippen LogP contribution >= 0.6 is 0 Å². The molecule has 25 heavy (non-hydrogen) atoms. The van der Waals surface area contributed by atoms with Crippen molar-refractivity contribution in [2.45, 2.75) is 26.8 Å². The largest absolute Gasteiger partial charge is 0.373 e. The molecule has 7 nitrogen and oxygen atoms in total. The predicted octanol–water partition coefficient (Wildman–Crippen LogP) is 3.27. The molecule has 0 radical (unpaired) electrons. The van der Waals surface area contributed by atoms with Gasteiger partial charge in [-0.15, -0.1) is 0 Å². The van der Waals surface area contributed by atoms with Gasteiger partial charge in [-0.25, -0.2) is 19.9 Å². The van der Waals surface area contributed by atoms with E-state index in [1.165, 1.54) is 0 Å². The summed E-state index contributed by atoms with van der Waals surface area (Å²) in [6.45, 7) is 7.49.